The molecule has 1 aliphatic carbocycles. The van der Waals surface area contributed by atoms with Gasteiger partial charge in [0.15, 0.2) is 0 Å². The maximum Gasteiger partial charge on any atom is 0.315 e. The van der Waals surface area contributed by atoms with E-state index in [1.807, 2.05) is 18.2 Å². The van der Waals surface area contributed by atoms with Gasteiger partial charge in [0.1, 0.15) is 5.60 Å². The molecule has 20 heavy (non-hydrogen) atoms. The lowest BCUT2D eigenvalue weighted by atomic mass is 9.91. The van der Waals surface area contributed by atoms with Crippen LogP contribution in [-0.4, -0.2) is 23.3 Å². The summed E-state index contributed by atoms with van der Waals surface area (Å²) >= 11 is 5.79. The number of hydrogen-bond donors (Lipinski definition) is 3. The number of urea groups is 1. The standard InChI is InChI=1S/C15H19ClN2O2/c16-13-6-4-12(5-7-13)10-17-14(19)18-11-15(20)8-2-1-3-9-15/h2,4-8,20H,1,3,9-11H2,(H2,17,18,19). The van der Waals surface area contributed by atoms with Gasteiger partial charge in [-0.25, -0.2) is 4.79 Å². The lowest BCUT2D eigenvalue weighted by Gasteiger charge is -2.27. The lowest BCUT2D eigenvalue weighted by molar-refractivity contribution is 0.0762. The van der Waals surface area contributed by atoms with Crippen molar-refractivity contribution in [3.63, 3.8) is 0 Å². The van der Waals surface area contributed by atoms with Crippen LogP contribution in [0, 0.1) is 0 Å². The Morgan fingerprint density at radius 1 is 1.30 bits per heavy atom. The van der Waals surface area contributed by atoms with Gasteiger partial charge in [0.25, 0.3) is 0 Å². The predicted octanol–water partition coefficient (Wildman–Crippen LogP) is 2.61. The van der Waals surface area contributed by atoms with Gasteiger partial charge in [-0.15, -0.1) is 0 Å². The van der Waals surface area contributed by atoms with Gasteiger partial charge >= 0.3 is 6.03 Å². The monoisotopic (exact) mass is 294 g/mol. The van der Waals surface area contributed by atoms with Crippen LogP contribution in [0.3, 0.4) is 0 Å². The molecule has 0 fully saturated rings. The van der Waals surface area contributed by atoms with Crippen LogP contribution in [0.15, 0.2) is 36.4 Å². The van der Waals surface area contributed by atoms with E-state index in [0.29, 0.717) is 18.0 Å². The van der Waals surface area contributed by atoms with E-state index in [1.54, 1.807) is 18.2 Å². The molecule has 2 rings (SSSR count). The Morgan fingerprint density at radius 2 is 2.05 bits per heavy atom. The second kappa shape index (κ2) is 6.77. The normalized spacial score (nSPS) is 21.5. The number of amides is 2. The zero-order valence-corrected chi connectivity index (χ0v) is 12.0. The Balaban J connectivity index is 1.74. The van der Waals surface area contributed by atoms with Crippen molar-refractivity contribution in [2.75, 3.05) is 6.54 Å². The predicted molar refractivity (Wildman–Crippen MR) is 79.6 cm³/mol. The minimum Gasteiger partial charge on any atom is -0.384 e. The fraction of sp³-hybridized carbons (Fsp3) is 0.400. The van der Waals surface area contributed by atoms with E-state index in [9.17, 15) is 9.90 Å². The second-order valence-corrected chi connectivity index (χ2v) is 5.50. The fourth-order valence-corrected chi connectivity index (χ4v) is 2.27. The highest BCUT2D eigenvalue weighted by atomic mass is 35.5. The Morgan fingerprint density at radius 3 is 2.70 bits per heavy atom. The van der Waals surface area contributed by atoms with Crippen molar-refractivity contribution in [2.24, 2.45) is 0 Å². The highest BCUT2D eigenvalue weighted by Crippen LogP contribution is 2.20. The van der Waals surface area contributed by atoms with E-state index in [0.717, 1.165) is 18.4 Å². The molecular formula is C15H19ClN2O2. The summed E-state index contributed by atoms with van der Waals surface area (Å²) in [7, 11) is 0. The minimum absolute atomic E-state index is 0.232. The van der Waals surface area contributed by atoms with E-state index < -0.39 is 5.60 Å². The molecule has 5 heteroatoms. The number of hydrogen-bond acceptors (Lipinski definition) is 2. The van der Waals surface area contributed by atoms with E-state index in [-0.39, 0.29) is 12.6 Å². The second-order valence-electron chi connectivity index (χ2n) is 5.06. The van der Waals surface area contributed by atoms with Crippen LogP contribution in [0.5, 0.6) is 0 Å². The van der Waals surface area contributed by atoms with Gasteiger partial charge in [-0.1, -0.05) is 35.9 Å². The van der Waals surface area contributed by atoms with Crippen molar-refractivity contribution in [3.8, 4) is 0 Å². The Bertz CT molecular complexity index is 487. The van der Waals surface area contributed by atoms with Crippen molar-refractivity contribution in [3.05, 3.63) is 47.0 Å². The zero-order chi connectivity index (χ0) is 14.4. The van der Waals surface area contributed by atoms with E-state index in [4.69, 9.17) is 11.6 Å². The topological polar surface area (TPSA) is 61.4 Å². The number of benzene rings is 1. The highest BCUT2D eigenvalue weighted by Gasteiger charge is 2.25. The molecule has 0 spiro atoms. The molecule has 4 nitrogen and oxygen atoms in total. The summed E-state index contributed by atoms with van der Waals surface area (Å²) in [5.74, 6) is 0. The molecule has 0 radical (unpaired) electrons. The van der Waals surface area contributed by atoms with Crippen LogP contribution in [0.4, 0.5) is 4.79 Å². The largest absolute Gasteiger partial charge is 0.384 e. The fourth-order valence-electron chi connectivity index (χ4n) is 2.14. The third kappa shape index (κ3) is 4.54. The molecule has 108 valence electrons. The average Bonchev–Trinajstić information content (AvgIpc) is 2.45. The van der Waals surface area contributed by atoms with Gasteiger partial charge in [-0.3, -0.25) is 0 Å². The van der Waals surface area contributed by atoms with Crippen LogP contribution in [0.25, 0.3) is 0 Å². The summed E-state index contributed by atoms with van der Waals surface area (Å²) in [4.78, 5) is 11.7. The Kier molecular flexibility index (Phi) is 5.04. The van der Waals surface area contributed by atoms with Gasteiger partial charge in [-0.05, 0) is 37.0 Å². The first-order valence-electron chi connectivity index (χ1n) is 6.74. The van der Waals surface area contributed by atoms with Gasteiger partial charge in [0.05, 0.1) is 6.54 Å². The summed E-state index contributed by atoms with van der Waals surface area (Å²) in [5, 5.41) is 16.3. The van der Waals surface area contributed by atoms with Gasteiger partial charge in [-0.2, -0.15) is 0 Å². The van der Waals surface area contributed by atoms with Crippen LogP contribution < -0.4 is 10.6 Å². The molecule has 0 bridgehead atoms. The molecular weight excluding hydrogens is 276 g/mol. The van der Waals surface area contributed by atoms with Crippen LogP contribution in [0.1, 0.15) is 24.8 Å². The first-order chi connectivity index (χ1) is 9.57. The number of carbonyl (C=O) groups is 1. The molecule has 0 saturated heterocycles. The van der Waals surface area contributed by atoms with E-state index in [2.05, 4.69) is 10.6 Å². The third-order valence-corrected chi connectivity index (χ3v) is 3.58. The molecule has 1 aromatic rings. The summed E-state index contributed by atoms with van der Waals surface area (Å²) in [6.07, 6.45) is 6.35. The zero-order valence-electron chi connectivity index (χ0n) is 11.2. The molecule has 2 amide bonds. The van der Waals surface area contributed by atoms with Crippen LogP contribution >= 0.6 is 11.6 Å². The number of carbonyl (C=O) groups excluding carboxylic acids is 1. The highest BCUT2D eigenvalue weighted by molar-refractivity contribution is 6.30. The molecule has 1 unspecified atom stereocenters. The van der Waals surface area contributed by atoms with Crippen molar-refractivity contribution in [2.45, 2.75) is 31.4 Å². The van der Waals surface area contributed by atoms with E-state index in [1.165, 1.54) is 0 Å². The SMILES string of the molecule is O=C(NCc1ccc(Cl)cc1)NCC1(O)C=CCCC1. The number of rotatable bonds is 4. The number of halogens is 1. The molecule has 0 saturated carbocycles. The molecule has 3 N–H and O–H groups in total. The third-order valence-electron chi connectivity index (χ3n) is 3.33. The summed E-state index contributed by atoms with van der Waals surface area (Å²) in [6.45, 7) is 0.660. The number of allylic oxidation sites excluding steroid dienone is 1. The maximum absolute atomic E-state index is 11.7. The average molecular weight is 295 g/mol. The van der Waals surface area contributed by atoms with Gasteiger partial charge in [0.2, 0.25) is 0 Å². The molecule has 0 aromatic heterocycles. The Hall–Kier alpha value is -1.52. The van der Waals surface area contributed by atoms with Crippen LogP contribution in [0.2, 0.25) is 5.02 Å². The summed E-state index contributed by atoms with van der Waals surface area (Å²) in [5.41, 5.74) is 0.0661. The van der Waals surface area contributed by atoms with Crippen molar-refractivity contribution >= 4 is 17.6 Å². The molecule has 0 heterocycles. The lowest BCUT2D eigenvalue weighted by Crippen LogP contribution is -2.45. The van der Waals surface area contributed by atoms with Crippen molar-refractivity contribution in [1.29, 1.82) is 0 Å². The Labute approximate surface area is 123 Å². The first kappa shape index (κ1) is 14.9. The summed E-state index contributed by atoms with van der Waals surface area (Å²) in [6, 6.07) is 7.00. The molecule has 0 aliphatic heterocycles. The van der Waals surface area contributed by atoms with Crippen molar-refractivity contribution in [1.82, 2.24) is 10.6 Å². The molecule has 1 aromatic carbocycles. The molecule has 1 aliphatic rings. The minimum atomic E-state index is -0.907. The smallest absolute Gasteiger partial charge is 0.315 e. The number of aliphatic hydroxyl groups is 1. The first-order valence-corrected chi connectivity index (χ1v) is 7.11. The summed E-state index contributed by atoms with van der Waals surface area (Å²) < 4.78 is 0. The van der Waals surface area contributed by atoms with Gasteiger partial charge < -0.3 is 15.7 Å². The number of nitrogens with one attached hydrogen (secondary N) is 2. The molecule has 1 atom stereocenters. The quantitative estimate of drug-likeness (QED) is 0.748. The van der Waals surface area contributed by atoms with Crippen molar-refractivity contribution < 1.29 is 9.90 Å². The van der Waals surface area contributed by atoms with Gasteiger partial charge in [0, 0.05) is 11.6 Å². The van der Waals surface area contributed by atoms with E-state index >= 15 is 0 Å². The maximum atomic E-state index is 11.7. The van der Waals surface area contributed by atoms with Crippen LogP contribution in [-0.2, 0) is 6.54 Å².